The van der Waals surface area contributed by atoms with Crippen molar-refractivity contribution in [2.75, 3.05) is 0 Å². The Labute approximate surface area is 178 Å². The van der Waals surface area contributed by atoms with Crippen molar-refractivity contribution in [3.05, 3.63) is 34.9 Å². The fourth-order valence-electron chi connectivity index (χ4n) is 4.61. The van der Waals surface area contributed by atoms with E-state index in [0.29, 0.717) is 18.8 Å². The normalized spacial score (nSPS) is 25.9. The summed E-state index contributed by atoms with van der Waals surface area (Å²) in [5.74, 6) is -0.279. The molecule has 1 fully saturated rings. The fraction of sp³-hybridized carbons (Fsp3) is 0.692. The van der Waals surface area contributed by atoms with Crippen LogP contribution in [0.1, 0.15) is 93.9 Å². The molecule has 164 valence electrons. The summed E-state index contributed by atoms with van der Waals surface area (Å²) in [6.07, 6.45) is 10.2. The number of hydrogen-bond donors (Lipinski definition) is 1. The Bertz CT molecular complexity index is 681. The number of aliphatic carboxylic acids is 1. The first-order valence-corrected chi connectivity index (χ1v) is 11.0. The van der Waals surface area contributed by atoms with E-state index in [1.807, 2.05) is 13.8 Å². The van der Waals surface area contributed by atoms with Crippen molar-refractivity contribution in [3.63, 3.8) is 0 Å². The molecule has 0 amide bonds. The number of rotatable bonds is 9. The molecule has 0 aliphatic heterocycles. The second kappa shape index (κ2) is 10.4. The summed E-state index contributed by atoms with van der Waals surface area (Å²) in [5.41, 5.74) is 3.00. The van der Waals surface area contributed by atoms with E-state index in [1.165, 1.54) is 16.7 Å². The molecule has 0 saturated heterocycles. The van der Waals surface area contributed by atoms with Gasteiger partial charge in [0.15, 0.2) is 0 Å². The molecule has 3 heteroatoms. The Hall–Kier alpha value is -1.64. The monoisotopic (exact) mass is 402 g/mol. The zero-order valence-electron chi connectivity index (χ0n) is 19.9. The third-order valence-electron chi connectivity index (χ3n) is 6.72. The summed E-state index contributed by atoms with van der Waals surface area (Å²) in [5, 5.41) is 9.36. The highest BCUT2D eigenvalue weighted by molar-refractivity contribution is 5.89. The average Bonchev–Trinajstić information content (AvgIpc) is 2.58. The van der Waals surface area contributed by atoms with Crippen LogP contribution in [0.15, 0.2) is 34.9 Å². The Balaban J connectivity index is 3.47. The minimum absolute atomic E-state index is 0.0491. The van der Waals surface area contributed by atoms with E-state index in [-0.39, 0.29) is 23.5 Å². The summed E-state index contributed by atoms with van der Waals surface area (Å²) in [4.78, 5) is 25.3. The van der Waals surface area contributed by atoms with Crippen LogP contribution in [0.25, 0.3) is 0 Å². The van der Waals surface area contributed by atoms with Gasteiger partial charge in [0, 0.05) is 17.8 Å². The lowest BCUT2D eigenvalue weighted by molar-refractivity contribution is -0.149. The smallest absolute Gasteiger partial charge is 0.303 e. The molecule has 0 bridgehead atoms. The summed E-state index contributed by atoms with van der Waals surface area (Å²) >= 11 is 0. The molecule has 29 heavy (non-hydrogen) atoms. The molecule has 1 saturated carbocycles. The molecular formula is C26H42O3. The van der Waals surface area contributed by atoms with Crippen LogP contribution in [0, 0.1) is 22.7 Å². The van der Waals surface area contributed by atoms with Crippen LogP contribution in [0.4, 0.5) is 0 Å². The number of carboxylic acids is 1. The van der Waals surface area contributed by atoms with Gasteiger partial charge >= 0.3 is 5.97 Å². The zero-order chi connectivity index (χ0) is 22.4. The molecule has 1 rings (SSSR count). The Morgan fingerprint density at radius 2 is 1.48 bits per heavy atom. The largest absolute Gasteiger partial charge is 0.481 e. The average molecular weight is 403 g/mol. The molecule has 1 aliphatic rings. The summed E-state index contributed by atoms with van der Waals surface area (Å²) in [7, 11) is 0. The second-order valence-corrected chi connectivity index (χ2v) is 10.3. The van der Waals surface area contributed by atoms with E-state index in [9.17, 15) is 14.7 Å². The van der Waals surface area contributed by atoms with Gasteiger partial charge in [0.1, 0.15) is 5.78 Å². The van der Waals surface area contributed by atoms with Crippen LogP contribution in [-0.2, 0) is 9.59 Å². The van der Waals surface area contributed by atoms with Crippen molar-refractivity contribution < 1.29 is 14.7 Å². The molecule has 1 N–H and O–H groups in total. The van der Waals surface area contributed by atoms with Crippen molar-refractivity contribution in [1.29, 1.82) is 0 Å². The molecule has 3 nitrogen and oxygen atoms in total. The number of Topliss-reactive ketones (excluding diaryl/α,β-unsaturated/α-hetero) is 1. The first-order valence-electron chi connectivity index (χ1n) is 11.0. The van der Waals surface area contributed by atoms with Gasteiger partial charge in [-0.15, -0.1) is 0 Å². The van der Waals surface area contributed by atoms with E-state index < -0.39 is 11.4 Å². The number of ketones is 1. The minimum Gasteiger partial charge on any atom is -0.481 e. The van der Waals surface area contributed by atoms with Crippen LogP contribution in [-0.4, -0.2) is 16.9 Å². The standard InChI is InChI=1S/C26H42O3/c1-18(2)9-11-21-17-26(15-13-20(5)6,16-14-23(27)28)24(29)22(25(21,7)8)12-10-19(3)4/h9-10,13,21-22H,11-12,14-17H2,1-8H3,(H,27,28)/t21-,22+,26-/m0/s1. The van der Waals surface area contributed by atoms with E-state index in [4.69, 9.17) is 0 Å². The van der Waals surface area contributed by atoms with Crippen LogP contribution < -0.4 is 0 Å². The highest BCUT2D eigenvalue weighted by Gasteiger charge is 2.54. The van der Waals surface area contributed by atoms with Gasteiger partial charge in [-0.3, -0.25) is 9.59 Å². The number of carbonyl (C=O) groups is 2. The van der Waals surface area contributed by atoms with Gasteiger partial charge in [-0.2, -0.15) is 0 Å². The summed E-state index contributed by atoms with van der Waals surface area (Å²) in [6, 6.07) is 0. The van der Waals surface area contributed by atoms with Gasteiger partial charge in [0.25, 0.3) is 0 Å². The van der Waals surface area contributed by atoms with Crippen molar-refractivity contribution >= 4 is 11.8 Å². The predicted molar refractivity (Wildman–Crippen MR) is 122 cm³/mol. The molecule has 0 spiro atoms. The fourth-order valence-corrected chi connectivity index (χ4v) is 4.61. The van der Waals surface area contributed by atoms with Crippen molar-refractivity contribution in [2.24, 2.45) is 22.7 Å². The maximum absolute atomic E-state index is 13.9. The van der Waals surface area contributed by atoms with E-state index in [0.717, 1.165) is 19.3 Å². The first kappa shape index (κ1) is 25.4. The number of hydrogen-bond acceptors (Lipinski definition) is 2. The number of carboxylic acid groups (broad SMARTS) is 1. The predicted octanol–water partition coefficient (Wildman–Crippen LogP) is 7.14. The highest BCUT2D eigenvalue weighted by Crippen LogP contribution is 2.56. The van der Waals surface area contributed by atoms with Gasteiger partial charge in [-0.1, -0.05) is 48.8 Å². The zero-order valence-corrected chi connectivity index (χ0v) is 19.9. The van der Waals surface area contributed by atoms with Crippen LogP contribution in [0.2, 0.25) is 0 Å². The molecular weight excluding hydrogens is 360 g/mol. The second-order valence-electron chi connectivity index (χ2n) is 10.3. The van der Waals surface area contributed by atoms with Gasteiger partial charge < -0.3 is 5.11 Å². The third-order valence-corrected chi connectivity index (χ3v) is 6.72. The van der Waals surface area contributed by atoms with Gasteiger partial charge in [-0.05, 0) is 85.0 Å². The van der Waals surface area contributed by atoms with Crippen molar-refractivity contribution in [1.82, 2.24) is 0 Å². The van der Waals surface area contributed by atoms with Gasteiger partial charge in [0.2, 0.25) is 0 Å². The first-order chi connectivity index (χ1) is 13.3. The van der Waals surface area contributed by atoms with Crippen molar-refractivity contribution in [2.45, 2.75) is 93.9 Å². The maximum Gasteiger partial charge on any atom is 0.303 e. The molecule has 0 unspecified atom stereocenters. The molecule has 0 aromatic carbocycles. The van der Waals surface area contributed by atoms with Crippen LogP contribution in [0.5, 0.6) is 0 Å². The third kappa shape index (κ3) is 6.97. The van der Waals surface area contributed by atoms with E-state index in [1.54, 1.807) is 0 Å². The lowest BCUT2D eigenvalue weighted by Gasteiger charge is -2.52. The van der Waals surface area contributed by atoms with Crippen LogP contribution in [0.3, 0.4) is 0 Å². The van der Waals surface area contributed by atoms with Crippen molar-refractivity contribution in [3.8, 4) is 0 Å². The lowest BCUT2D eigenvalue weighted by Crippen LogP contribution is -2.52. The van der Waals surface area contributed by atoms with Gasteiger partial charge in [-0.25, -0.2) is 0 Å². The van der Waals surface area contributed by atoms with E-state index >= 15 is 0 Å². The Kier molecular flexibility index (Phi) is 9.11. The number of allylic oxidation sites excluding steroid dienone is 6. The number of carbonyl (C=O) groups excluding carboxylic acids is 1. The summed E-state index contributed by atoms with van der Waals surface area (Å²) in [6.45, 7) is 16.9. The summed E-state index contributed by atoms with van der Waals surface area (Å²) < 4.78 is 0. The lowest BCUT2D eigenvalue weighted by atomic mass is 9.50. The molecule has 0 aromatic heterocycles. The quantitative estimate of drug-likeness (QED) is 0.417. The Morgan fingerprint density at radius 3 is 1.97 bits per heavy atom. The molecule has 1 aliphatic carbocycles. The minimum atomic E-state index is -0.819. The van der Waals surface area contributed by atoms with Gasteiger partial charge in [0.05, 0.1) is 0 Å². The molecule has 0 heterocycles. The maximum atomic E-state index is 13.9. The molecule has 3 atom stereocenters. The molecule has 0 aromatic rings. The van der Waals surface area contributed by atoms with Crippen LogP contribution >= 0.6 is 0 Å². The van der Waals surface area contributed by atoms with E-state index in [2.05, 4.69) is 59.8 Å². The Morgan fingerprint density at radius 1 is 0.966 bits per heavy atom. The highest BCUT2D eigenvalue weighted by atomic mass is 16.4. The molecule has 0 radical (unpaired) electrons. The SMILES string of the molecule is CC(C)=CC[C@H]1C[C@](CC=C(C)C)(CCC(=O)O)C(=O)[C@@H](CC=C(C)C)C1(C)C. The topological polar surface area (TPSA) is 54.4 Å².